The molecule has 140 valence electrons. The average molecular weight is 348 g/mol. The van der Waals surface area contributed by atoms with Gasteiger partial charge in [0.1, 0.15) is 0 Å². The van der Waals surface area contributed by atoms with Crippen molar-refractivity contribution in [3.8, 4) is 0 Å². The molecule has 2 saturated carbocycles. The zero-order valence-electron chi connectivity index (χ0n) is 16.2. The van der Waals surface area contributed by atoms with Gasteiger partial charge in [-0.3, -0.25) is 0 Å². The van der Waals surface area contributed by atoms with Gasteiger partial charge in [0.2, 0.25) is 0 Å². The molecule has 4 fully saturated rings. The fourth-order valence-electron chi connectivity index (χ4n) is 7.48. The highest BCUT2D eigenvalue weighted by Gasteiger charge is 2.79. The molecule has 0 aromatic carbocycles. The second-order valence-electron chi connectivity index (χ2n) is 10.1. The van der Waals surface area contributed by atoms with Gasteiger partial charge in [0.15, 0.2) is 5.60 Å². The van der Waals surface area contributed by atoms with E-state index < -0.39 is 17.0 Å². The summed E-state index contributed by atoms with van der Waals surface area (Å²) in [5, 5.41) is 11.5. The number of carbonyl (C=O) groups is 1. The average Bonchev–Trinajstić information content (AvgIpc) is 2.89. The summed E-state index contributed by atoms with van der Waals surface area (Å²) in [6.45, 7) is 15.0. The van der Waals surface area contributed by atoms with E-state index in [0.29, 0.717) is 12.5 Å². The molecule has 0 aromatic rings. The lowest BCUT2D eigenvalue weighted by molar-refractivity contribution is -0.243. The first-order chi connectivity index (χ1) is 11.5. The van der Waals surface area contributed by atoms with Crippen LogP contribution in [-0.4, -0.2) is 34.5 Å². The number of ether oxygens (including phenoxy) is 2. The lowest BCUT2D eigenvalue weighted by Crippen LogP contribution is -2.61. The van der Waals surface area contributed by atoms with Crippen LogP contribution in [0.3, 0.4) is 0 Å². The molecule has 2 aliphatic carbocycles. The van der Waals surface area contributed by atoms with Crippen LogP contribution >= 0.6 is 0 Å². The molecule has 0 spiro atoms. The Morgan fingerprint density at radius 3 is 2.36 bits per heavy atom. The first kappa shape index (κ1) is 17.5. The van der Waals surface area contributed by atoms with Crippen LogP contribution in [0.15, 0.2) is 12.7 Å². The maximum absolute atomic E-state index is 12.6. The summed E-state index contributed by atoms with van der Waals surface area (Å²) in [4.78, 5) is 12.6. The molecule has 0 radical (unpaired) electrons. The second kappa shape index (κ2) is 4.69. The predicted octanol–water partition coefficient (Wildman–Crippen LogP) is 3.48. The fraction of sp³-hybridized carbons (Fsp3) is 0.857. The zero-order chi connectivity index (χ0) is 18.5. The smallest absolute Gasteiger partial charge is 0.339 e. The minimum Gasteiger partial charge on any atom is -0.463 e. The Morgan fingerprint density at radius 1 is 1.08 bits per heavy atom. The SMILES string of the molecule is C=C[C@@]1(C)CC[C@@H]2[C@@]3(C)[C@H]4COC(=O)[C@@]4(O)C(C)(C)[C@@H]3CC[C@@]2(C)O1. The van der Waals surface area contributed by atoms with Gasteiger partial charge in [0.05, 0.1) is 17.8 Å². The van der Waals surface area contributed by atoms with Crippen LogP contribution < -0.4 is 0 Å². The molecule has 4 nitrogen and oxygen atoms in total. The van der Waals surface area contributed by atoms with Crippen molar-refractivity contribution in [1.29, 1.82) is 0 Å². The van der Waals surface area contributed by atoms with Crippen molar-refractivity contribution in [1.82, 2.24) is 0 Å². The molecule has 0 unspecified atom stereocenters. The number of rotatable bonds is 1. The van der Waals surface area contributed by atoms with E-state index in [1.165, 1.54) is 0 Å². The number of fused-ring (bicyclic) bond motifs is 5. The van der Waals surface area contributed by atoms with E-state index in [9.17, 15) is 9.90 Å². The van der Waals surface area contributed by atoms with Gasteiger partial charge in [-0.15, -0.1) is 6.58 Å². The van der Waals surface area contributed by atoms with E-state index in [-0.39, 0.29) is 28.5 Å². The first-order valence-electron chi connectivity index (χ1n) is 9.69. The van der Waals surface area contributed by atoms with Crippen molar-refractivity contribution in [3.63, 3.8) is 0 Å². The third kappa shape index (κ3) is 1.78. The van der Waals surface area contributed by atoms with Crippen LogP contribution in [0.25, 0.3) is 0 Å². The summed E-state index contributed by atoms with van der Waals surface area (Å²) in [7, 11) is 0. The molecule has 4 rings (SSSR count). The zero-order valence-corrected chi connectivity index (χ0v) is 16.2. The third-order valence-electron chi connectivity index (χ3n) is 8.80. The summed E-state index contributed by atoms with van der Waals surface area (Å²) in [6.07, 6.45) is 5.82. The van der Waals surface area contributed by atoms with Gasteiger partial charge in [-0.1, -0.05) is 26.8 Å². The van der Waals surface area contributed by atoms with E-state index in [2.05, 4.69) is 41.2 Å². The number of carbonyl (C=O) groups excluding carboxylic acids is 1. The summed E-state index contributed by atoms with van der Waals surface area (Å²) in [6, 6.07) is 0. The number of cyclic esters (lactones) is 1. The van der Waals surface area contributed by atoms with Crippen molar-refractivity contribution in [2.75, 3.05) is 6.61 Å². The monoisotopic (exact) mass is 348 g/mol. The van der Waals surface area contributed by atoms with E-state index in [1.54, 1.807) is 0 Å². The summed E-state index contributed by atoms with van der Waals surface area (Å²) in [5.41, 5.74) is -2.57. The van der Waals surface area contributed by atoms with Gasteiger partial charge in [-0.2, -0.15) is 0 Å². The molecular weight excluding hydrogens is 316 g/mol. The predicted molar refractivity (Wildman–Crippen MR) is 94.8 cm³/mol. The van der Waals surface area contributed by atoms with Gasteiger partial charge in [0.25, 0.3) is 0 Å². The Balaban J connectivity index is 1.82. The Morgan fingerprint density at radius 2 is 1.72 bits per heavy atom. The standard InChI is InChI=1S/C21H32O4/c1-7-18(4)10-8-14-19(5,25-18)11-9-13-17(2,3)21(23)15(20(13,14)6)12-24-16(21)22/h7,13-15,23H,1,8-12H2,2-6H3/t13-,14-,15+,18-,19+,20-,21+/m0/s1. The quantitative estimate of drug-likeness (QED) is 0.582. The van der Waals surface area contributed by atoms with Crippen molar-refractivity contribution in [2.24, 2.45) is 28.6 Å². The van der Waals surface area contributed by atoms with E-state index in [0.717, 1.165) is 25.7 Å². The molecule has 1 N–H and O–H groups in total. The normalized spacial score (nSPS) is 56.6. The number of hydrogen-bond acceptors (Lipinski definition) is 4. The maximum Gasteiger partial charge on any atom is 0.339 e. The molecule has 2 heterocycles. The Bertz CT molecular complexity index is 642. The largest absolute Gasteiger partial charge is 0.463 e. The van der Waals surface area contributed by atoms with Gasteiger partial charge in [-0.05, 0) is 56.8 Å². The topological polar surface area (TPSA) is 55.8 Å². The summed E-state index contributed by atoms with van der Waals surface area (Å²) >= 11 is 0. The molecule has 4 heteroatoms. The third-order valence-corrected chi connectivity index (χ3v) is 8.80. The number of hydrogen-bond donors (Lipinski definition) is 1. The van der Waals surface area contributed by atoms with Gasteiger partial charge < -0.3 is 14.6 Å². The highest BCUT2D eigenvalue weighted by molar-refractivity contribution is 5.84. The summed E-state index contributed by atoms with van der Waals surface area (Å²) in [5.74, 6) is 0.0125. The van der Waals surface area contributed by atoms with Crippen molar-refractivity contribution in [2.45, 2.75) is 77.1 Å². The molecular formula is C21H32O4. The second-order valence-corrected chi connectivity index (χ2v) is 10.1. The molecule has 2 saturated heterocycles. The molecule has 4 aliphatic rings. The Kier molecular flexibility index (Phi) is 3.29. The van der Waals surface area contributed by atoms with Crippen molar-refractivity contribution < 1.29 is 19.4 Å². The first-order valence-corrected chi connectivity index (χ1v) is 9.69. The Labute approximate surface area is 151 Å². The minimum atomic E-state index is -1.38. The Hall–Kier alpha value is -0.870. The lowest BCUT2D eigenvalue weighted by Gasteiger charge is -2.61. The van der Waals surface area contributed by atoms with Crippen LogP contribution in [0.4, 0.5) is 0 Å². The van der Waals surface area contributed by atoms with Crippen LogP contribution in [0, 0.1) is 28.6 Å². The van der Waals surface area contributed by atoms with Crippen LogP contribution in [-0.2, 0) is 14.3 Å². The lowest BCUT2D eigenvalue weighted by atomic mass is 9.50. The molecule has 0 amide bonds. The van der Waals surface area contributed by atoms with Crippen LogP contribution in [0.5, 0.6) is 0 Å². The van der Waals surface area contributed by atoms with Gasteiger partial charge in [0, 0.05) is 11.3 Å². The highest BCUT2D eigenvalue weighted by Crippen LogP contribution is 2.73. The highest BCUT2D eigenvalue weighted by atomic mass is 16.6. The van der Waals surface area contributed by atoms with Gasteiger partial charge >= 0.3 is 5.97 Å². The van der Waals surface area contributed by atoms with E-state index >= 15 is 0 Å². The molecule has 25 heavy (non-hydrogen) atoms. The minimum absolute atomic E-state index is 0.159. The molecule has 2 aliphatic heterocycles. The van der Waals surface area contributed by atoms with Crippen LogP contribution in [0.1, 0.15) is 60.3 Å². The maximum atomic E-state index is 12.6. The van der Waals surface area contributed by atoms with Gasteiger partial charge in [-0.25, -0.2) is 4.79 Å². The van der Waals surface area contributed by atoms with Crippen molar-refractivity contribution in [3.05, 3.63) is 12.7 Å². The molecule has 0 bridgehead atoms. The van der Waals surface area contributed by atoms with E-state index in [1.807, 2.05) is 6.08 Å². The fourth-order valence-corrected chi connectivity index (χ4v) is 7.48. The molecule has 0 aromatic heterocycles. The number of esters is 1. The van der Waals surface area contributed by atoms with Crippen molar-refractivity contribution >= 4 is 5.97 Å². The summed E-state index contributed by atoms with van der Waals surface area (Å²) < 4.78 is 12.0. The van der Waals surface area contributed by atoms with E-state index in [4.69, 9.17) is 9.47 Å². The van der Waals surface area contributed by atoms with Crippen LogP contribution in [0.2, 0.25) is 0 Å². The number of aliphatic hydroxyl groups is 1. The molecule has 7 atom stereocenters.